The van der Waals surface area contributed by atoms with Gasteiger partial charge >= 0.3 is 0 Å². The molecule has 2 aromatic rings. The Morgan fingerprint density at radius 3 is 2.71 bits per heavy atom. The zero-order valence-corrected chi connectivity index (χ0v) is 15.2. The third kappa shape index (κ3) is 3.59. The number of carbonyl (C=O) groups excluding carboxylic acids is 1. The van der Waals surface area contributed by atoms with Gasteiger partial charge in [-0.15, -0.1) is 11.3 Å². The predicted molar refractivity (Wildman–Crippen MR) is 91.3 cm³/mol. The summed E-state index contributed by atoms with van der Waals surface area (Å²) < 4.78 is 7.59. The summed E-state index contributed by atoms with van der Waals surface area (Å²) in [6.45, 7) is 11.1. The molecule has 0 unspecified atom stereocenters. The molecule has 0 saturated heterocycles. The third-order valence-corrected chi connectivity index (χ3v) is 9.56. The van der Waals surface area contributed by atoms with Gasteiger partial charge in [-0.25, -0.2) is 4.98 Å². The molecule has 2 rings (SSSR count). The van der Waals surface area contributed by atoms with Gasteiger partial charge in [0, 0.05) is 6.42 Å². The molecule has 3 nitrogen and oxygen atoms in total. The van der Waals surface area contributed by atoms with E-state index in [9.17, 15) is 4.79 Å². The number of hydrogen-bond donors (Lipinski definition) is 0. The minimum atomic E-state index is -1.91. The first-order valence-corrected chi connectivity index (χ1v) is 11.0. The van der Waals surface area contributed by atoms with Gasteiger partial charge in [0.25, 0.3) is 0 Å². The molecule has 0 fully saturated rings. The fourth-order valence-electron chi connectivity index (χ4n) is 1.94. The Bertz CT molecular complexity index is 630. The van der Waals surface area contributed by atoms with E-state index in [-0.39, 0.29) is 11.1 Å². The molecule has 5 heteroatoms. The van der Waals surface area contributed by atoms with Gasteiger partial charge < -0.3 is 9.22 Å². The molecule has 1 aromatic carbocycles. The van der Waals surface area contributed by atoms with E-state index in [4.69, 9.17) is 4.43 Å². The topological polar surface area (TPSA) is 39.2 Å². The highest BCUT2D eigenvalue weighted by molar-refractivity contribution is 7.16. The summed E-state index contributed by atoms with van der Waals surface area (Å²) in [5, 5.41) is 0.128. The fourth-order valence-corrected chi connectivity index (χ4v) is 3.97. The lowest BCUT2D eigenvalue weighted by Gasteiger charge is -2.39. The Kier molecular flexibility index (Phi) is 4.65. The van der Waals surface area contributed by atoms with Crippen molar-refractivity contribution in [2.45, 2.75) is 51.4 Å². The molecule has 0 bridgehead atoms. The van der Waals surface area contributed by atoms with Gasteiger partial charge in [0.15, 0.2) is 8.32 Å². The van der Waals surface area contributed by atoms with Gasteiger partial charge in [0.2, 0.25) is 0 Å². The number of thiazole rings is 1. The van der Waals surface area contributed by atoms with Crippen molar-refractivity contribution in [3.63, 3.8) is 0 Å². The Labute approximate surface area is 131 Å². The number of aldehydes is 1. The van der Waals surface area contributed by atoms with Crippen molar-refractivity contribution in [1.82, 2.24) is 4.98 Å². The second-order valence-corrected chi connectivity index (χ2v) is 12.5. The smallest absolute Gasteiger partial charge is 0.192 e. The van der Waals surface area contributed by atoms with Crippen molar-refractivity contribution in [3.8, 4) is 0 Å². The van der Waals surface area contributed by atoms with Gasteiger partial charge in [-0.1, -0.05) is 26.8 Å². The quantitative estimate of drug-likeness (QED) is 0.578. The second kappa shape index (κ2) is 5.99. The van der Waals surface area contributed by atoms with Crippen molar-refractivity contribution in [2.75, 3.05) is 0 Å². The summed E-state index contributed by atoms with van der Waals surface area (Å²) in [5.41, 5.74) is 3.92. The Hall–Kier alpha value is -1.04. The lowest BCUT2D eigenvalue weighted by atomic mass is 10.1. The van der Waals surface area contributed by atoms with Crippen molar-refractivity contribution in [2.24, 2.45) is 0 Å². The third-order valence-electron chi connectivity index (χ3n) is 4.28. The molecule has 0 aliphatic carbocycles. The molecule has 0 N–H and O–H groups in total. The highest BCUT2D eigenvalue weighted by Gasteiger charge is 2.39. The van der Waals surface area contributed by atoms with Gasteiger partial charge in [0.05, 0.1) is 21.8 Å². The van der Waals surface area contributed by atoms with Crippen LogP contribution in [0.4, 0.5) is 0 Å². The highest BCUT2D eigenvalue weighted by atomic mass is 32.1. The maximum atomic E-state index is 11.1. The molecule has 1 atom stereocenters. The molecule has 0 amide bonds. The maximum Gasteiger partial charge on any atom is 0.192 e. The number of fused-ring (bicyclic) bond motifs is 1. The van der Waals surface area contributed by atoms with E-state index in [2.05, 4.69) is 44.9 Å². The van der Waals surface area contributed by atoms with Crippen LogP contribution in [0.15, 0.2) is 23.7 Å². The molecule has 0 aliphatic rings. The van der Waals surface area contributed by atoms with Crippen LogP contribution in [0.2, 0.25) is 18.1 Å². The normalized spacial score (nSPS) is 14.3. The predicted octanol–water partition coefficient (Wildman–Crippen LogP) is 4.95. The van der Waals surface area contributed by atoms with E-state index in [1.54, 1.807) is 11.3 Å². The van der Waals surface area contributed by atoms with Gasteiger partial charge in [-0.2, -0.15) is 0 Å². The largest absolute Gasteiger partial charge is 0.410 e. The molecule has 0 radical (unpaired) electrons. The van der Waals surface area contributed by atoms with Crippen LogP contribution in [0.25, 0.3) is 10.2 Å². The number of benzene rings is 1. The van der Waals surface area contributed by atoms with Crippen molar-refractivity contribution >= 4 is 36.2 Å². The number of rotatable bonds is 5. The van der Waals surface area contributed by atoms with Crippen LogP contribution in [-0.4, -0.2) is 19.6 Å². The number of aromatic nitrogens is 1. The monoisotopic (exact) mass is 321 g/mol. The molecule has 114 valence electrons. The maximum absolute atomic E-state index is 11.1. The average Bonchev–Trinajstić information content (AvgIpc) is 2.83. The molecular formula is C16H23NO2SSi. The highest BCUT2D eigenvalue weighted by Crippen LogP contribution is 2.40. The van der Waals surface area contributed by atoms with Gasteiger partial charge in [-0.3, -0.25) is 0 Å². The minimum Gasteiger partial charge on any atom is -0.410 e. The molecule has 0 saturated carbocycles. The number of carbonyl (C=O) groups is 1. The first-order valence-electron chi connectivity index (χ1n) is 7.19. The van der Waals surface area contributed by atoms with Crippen LogP contribution in [-0.2, 0) is 9.22 Å². The molecule has 0 aliphatic heterocycles. The number of hydrogen-bond acceptors (Lipinski definition) is 4. The van der Waals surface area contributed by atoms with E-state index < -0.39 is 8.32 Å². The van der Waals surface area contributed by atoms with Crippen molar-refractivity contribution in [1.29, 1.82) is 0 Å². The van der Waals surface area contributed by atoms with E-state index >= 15 is 0 Å². The van der Waals surface area contributed by atoms with Crippen molar-refractivity contribution < 1.29 is 9.22 Å². The summed E-state index contributed by atoms with van der Waals surface area (Å²) in [7, 11) is -1.91. The molecule has 21 heavy (non-hydrogen) atoms. The van der Waals surface area contributed by atoms with Crippen LogP contribution < -0.4 is 0 Å². The van der Waals surface area contributed by atoms with Crippen LogP contribution in [0.1, 0.15) is 38.9 Å². The van der Waals surface area contributed by atoms with E-state index in [0.717, 1.165) is 22.1 Å². The standard InChI is InChI=1S/C16H23NO2SSi/c1-16(2,3)21(4,5)19-14(8-9-18)12-6-7-13-15(10-12)20-11-17-13/h6-7,9-11,14H,8H2,1-5H3/t14-/m0/s1. The van der Waals surface area contributed by atoms with Crippen molar-refractivity contribution in [3.05, 3.63) is 29.3 Å². The summed E-state index contributed by atoms with van der Waals surface area (Å²) in [4.78, 5) is 15.4. The summed E-state index contributed by atoms with van der Waals surface area (Å²) >= 11 is 1.62. The van der Waals surface area contributed by atoms with E-state index in [0.29, 0.717) is 6.42 Å². The molecular weight excluding hydrogens is 298 g/mol. The zero-order valence-electron chi connectivity index (χ0n) is 13.3. The molecule has 0 spiro atoms. The van der Waals surface area contributed by atoms with E-state index in [1.807, 2.05) is 17.6 Å². The minimum absolute atomic E-state index is 0.128. The van der Waals surface area contributed by atoms with Crippen LogP contribution in [0, 0.1) is 0 Å². The summed E-state index contributed by atoms with van der Waals surface area (Å²) in [5.74, 6) is 0. The lowest BCUT2D eigenvalue weighted by molar-refractivity contribution is -0.109. The SMILES string of the molecule is CC(C)(C)[Si](C)(C)O[C@@H](CC=O)c1ccc2ncsc2c1. The van der Waals surface area contributed by atoms with Gasteiger partial charge in [0.1, 0.15) is 6.29 Å². The summed E-state index contributed by atoms with van der Waals surface area (Å²) in [6, 6.07) is 6.14. The first-order chi connectivity index (χ1) is 9.74. The number of nitrogens with zero attached hydrogens (tertiary/aromatic N) is 1. The van der Waals surface area contributed by atoms with E-state index in [1.165, 1.54) is 0 Å². The lowest BCUT2D eigenvalue weighted by Crippen LogP contribution is -2.41. The van der Waals surface area contributed by atoms with Crippen LogP contribution in [0.3, 0.4) is 0 Å². The first kappa shape index (κ1) is 16.3. The Morgan fingerprint density at radius 2 is 2.10 bits per heavy atom. The van der Waals surface area contributed by atoms with Crippen LogP contribution in [0.5, 0.6) is 0 Å². The average molecular weight is 322 g/mol. The molecule has 1 aromatic heterocycles. The Balaban J connectivity index is 2.32. The Morgan fingerprint density at radius 1 is 1.38 bits per heavy atom. The molecule has 1 heterocycles. The summed E-state index contributed by atoms with van der Waals surface area (Å²) in [6.07, 6.45) is 1.20. The zero-order chi connectivity index (χ0) is 15.7. The van der Waals surface area contributed by atoms with Gasteiger partial charge in [-0.05, 0) is 35.8 Å². The second-order valence-electron chi connectivity index (χ2n) is 6.85. The van der Waals surface area contributed by atoms with Crippen LogP contribution >= 0.6 is 11.3 Å². The fraction of sp³-hybridized carbons (Fsp3) is 0.500.